The van der Waals surface area contributed by atoms with Crippen LogP contribution >= 0.6 is 11.8 Å². The first-order chi connectivity index (χ1) is 13.3. The lowest BCUT2D eigenvalue weighted by molar-refractivity contribution is 0.0734. The molecule has 0 aliphatic carbocycles. The van der Waals surface area contributed by atoms with E-state index in [1.807, 2.05) is 66.7 Å². The number of carbonyl (C=O) groups is 1. The zero-order valence-electron chi connectivity index (χ0n) is 16.8. The molecule has 144 valence electrons. The average Bonchev–Trinajstić information content (AvgIpc) is 2.69. The number of hydrogen-bond acceptors (Lipinski definition) is 3. The summed E-state index contributed by atoms with van der Waals surface area (Å²) in [6.45, 7) is 8.88. The summed E-state index contributed by atoms with van der Waals surface area (Å²) >= 11 is 1.68. The highest BCUT2D eigenvalue weighted by Gasteiger charge is 2.21. The normalized spacial score (nSPS) is 12.4. The van der Waals surface area contributed by atoms with E-state index in [1.54, 1.807) is 11.8 Å². The molecule has 0 aromatic heterocycles. The van der Waals surface area contributed by atoms with Crippen LogP contribution < -0.4 is 4.74 Å². The molecule has 0 saturated heterocycles. The molecule has 2 nitrogen and oxygen atoms in total. The molecule has 0 aliphatic rings. The monoisotopic (exact) mass is 390 g/mol. The topological polar surface area (TPSA) is 26.3 Å². The number of ether oxygens (including phenoxy) is 1. The van der Waals surface area contributed by atoms with E-state index in [2.05, 4.69) is 39.8 Å². The van der Waals surface area contributed by atoms with E-state index in [9.17, 15) is 4.79 Å². The molecular weight excluding hydrogens is 364 g/mol. The molecule has 3 heteroatoms. The molecule has 0 spiro atoms. The minimum absolute atomic E-state index is 0.182. The molecule has 0 bridgehead atoms. The van der Waals surface area contributed by atoms with Gasteiger partial charge in [-0.25, -0.2) is 4.79 Å². The van der Waals surface area contributed by atoms with Crippen molar-refractivity contribution in [3.63, 3.8) is 0 Å². The highest BCUT2D eigenvalue weighted by atomic mass is 32.2. The second-order valence-corrected chi connectivity index (χ2v) is 9.13. The van der Waals surface area contributed by atoms with E-state index < -0.39 is 0 Å². The van der Waals surface area contributed by atoms with Crippen LogP contribution in [0, 0.1) is 5.41 Å². The first kappa shape index (κ1) is 20.2. The Morgan fingerprint density at radius 2 is 1.39 bits per heavy atom. The van der Waals surface area contributed by atoms with Gasteiger partial charge in [0.25, 0.3) is 0 Å². The van der Waals surface area contributed by atoms with Gasteiger partial charge in [0.15, 0.2) is 0 Å². The summed E-state index contributed by atoms with van der Waals surface area (Å²) in [5.41, 5.74) is 1.97. The van der Waals surface area contributed by atoms with Gasteiger partial charge in [0.05, 0.1) is 5.56 Å². The average molecular weight is 391 g/mol. The Morgan fingerprint density at radius 1 is 0.821 bits per heavy atom. The third kappa shape index (κ3) is 5.26. The summed E-state index contributed by atoms with van der Waals surface area (Å²) in [5, 5.41) is 0. The molecule has 3 aromatic carbocycles. The fourth-order valence-electron chi connectivity index (χ4n) is 2.77. The van der Waals surface area contributed by atoms with E-state index in [0.29, 0.717) is 17.2 Å². The second kappa shape index (κ2) is 8.66. The van der Waals surface area contributed by atoms with Crippen molar-refractivity contribution >= 4 is 17.7 Å². The zero-order valence-corrected chi connectivity index (χ0v) is 17.6. The summed E-state index contributed by atoms with van der Waals surface area (Å²) in [4.78, 5) is 14.7. The summed E-state index contributed by atoms with van der Waals surface area (Å²) < 4.78 is 5.53. The van der Waals surface area contributed by atoms with Crippen LogP contribution in [0.3, 0.4) is 0 Å². The first-order valence-corrected chi connectivity index (χ1v) is 10.3. The fraction of sp³-hybridized carbons (Fsp3) is 0.240. The van der Waals surface area contributed by atoms with E-state index in [4.69, 9.17) is 4.74 Å². The summed E-state index contributed by atoms with van der Waals surface area (Å²) in [7, 11) is 0. The third-order valence-corrected chi connectivity index (χ3v) is 5.97. The van der Waals surface area contributed by atoms with Crippen LogP contribution in [-0.2, 0) is 0 Å². The van der Waals surface area contributed by atoms with Crippen LogP contribution in [0.1, 0.15) is 49.5 Å². The van der Waals surface area contributed by atoms with Gasteiger partial charge < -0.3 is 4.74 Å². The van der Waals surface area contributed by atoms with Gasteiger partial charge in [-0.05, 0) is 65.4 Å². The lowest BCUT2D eigenvalue weighted by Gasteiger charge is -2.27. The number of carbonyl (C=O) groups excluding carboxylic acids is 1. The lowest BCUT2D eigenvalue weighted by Crippen LogP contribution is -2.15. The van der Waals surface area contributed by atoms with Gasteiger partial charge in [-0.1, -0.05) is 69.8 Å². The Balaban J connectivity index is 1.63. The predicted molar refractivity (Wildman–Crippen MR) is 116 cm³/mol. The predicted octanol–water partition coefficient (Wildman–Crippen LogP) is 7.21. The Kier molecular flexibility index (Phi) is 6.25. The SMILES string of the molecule is CC(c1ccc(C(=O)Oc2ccc(Sc3ccccc3)cc2)cc1)C(C)(C)C. The third-order valence-electron chi connectivity index (χ3n) is 4.96. The van der Waals surface area contributed by atoms with Crippen LogP contribution in [-0.4, -0.2) is 5.97 Å². The number of benzene rings is 3. The maximum atomic E-state index is 12.4. The molecule has 0 N–H and O–H groups in total. The molecule has 1 unspecified atom stereocenters. The summed E-state index contributed by atoms with van der Waals surface area (Å²) in [6.07, 6.45) is 0. The van der Waals surface area contributed by atoms with Crippen molar-refractivity contribution < 1.29 is 9.53 Å². The van der Waals surface area contributed by atoms with Gasteiger partial charge in [0.2, 0.25) is 0 Å². The fourth-order valence-corrected chi connectivity index (χ4v) is 3.61. The first-order valence-electron chi connectivity index (χ1n) is 9.48. The number of hydrogen-bond donors (Lipinski definition) is 0. The summed E-state index contributed by atoms with van der Waals surface area (Å²) in [5.74, 6) is 0.625. The van der Waals surface area contributed by atoms with Crippen molar-refractivity contribution in [3.8, 4) is 5.75 Å². The standard InChI is InChI=1S/C25H26O2S/c1-18(25(2,3)4)19-10-12-20(13-11-19)24(26)27-21-14-16-23(17-15-21)28-22-8-6-5-7-9-22/h5-18H,1-4H3. The van der Waals surface area contributed by atoms with E-state index in [-0.39, 0.29) is 11.4 Å². The molecule has 1 atom stereocenters. The molecule has 0 fully saturated rings. The Bertz CT molecular complexity index is 908. The van der Waals surface area contributed by atoms with Gasteiger partial charge in [0.1, 0.15) is 5.75 Å². The highest BCUT2D eigenvalue weighted by Crippen LogP contribution is 2.34. The van der Waals surface area contributed by atoms with Gasteiger partial charge in [-0.15, -0.1) is 0 Å². The molecule has 3 rings (SSSR count). The van der Waals surface area contributed by atoms with Crippen molar-refractivity contribution in [3.05, 3.63) is 90.0 Å². The molecule has 0 radical (unpaired) electrons. The van der Waals surface area contributed by atoms with Gasteiger partial charge >= 0.3 is 5.97 Å². The second-order valence-electron chi connectivity index (χ2n) is 7.99. The zero-order chi connectivity index (χ0) is 20.1. The van der Waals surface area contributed by atoms with Crippen molar-refractivity contribution in [2.75, 3.05) is 0 Å². The van der Waals surface area contributed by atoms with Crippen molar-refractivity contribution in [1.29, 1.82) is 0 Å². The molecule has 0 amide bonds. The van der Waals surface area contributed by atoms with Crippen molar-refractivity contribution in [2.24, 2.45) is 5.41 Å². The van der Waals surface area contributed by atoms with E-state index in [1.165, 1.54) is 10.5 Å². The van der Waals surface area contributed by atoms with Crippen molar-refractivity contribution in [2.45, 2.75) is 43.4 Å². The Morgan fingerprint density at radius 3 is 1.96 bits per heavy atom. The highest BCUT2D eigenvalue weighted by molar-refractivity contribution is 7.99. The smallest absolute Gasteiger partial charge is 0.343 e. The summed E-state index contributed by atoms with van der Waals surface area (Å²) in [6, 6.07) is 25.5. The Labute approximate surface area is 171 Å². The lowest BCUT2D eigenvalue weighted by atomic mass is 9.78. The van der Waals surface area contributed by atoms with Crippen molar-refractivity contribution in [1.82, 2.24) is 0 Å². The van der Waals surface area contributed by atoms with Gasteiger partial charge in [-0.2, -0.15) is 0 Å². The van der Waals surface area contributed by atoms with Crippen LogP contribution in [0.25, 0.3) is 0 Å². The van der Waals surface area contributed by atoms with E-state index >= 15 is 0 Å². The quantitative estimate of drug-likeness (QED) is 0.340. The van der Waals surface area contributed by atoms with Crippen LogP contribution in [0.15, 0.2) is 88.7 Å². The molecule has 0 saturated carbocycles. The van der Waals surface area contributed by atoms with Crippen LogP contribution in [0.4, 0.5) is 0 Å². The van der Waals surface area contributed by atoms with Crippen LogP contribution in [0.2, 0.25) is 0 Å². The molecule has 0 aliphatic heterocycles. The molecule has 28 heavy (non-hydrogen) atoms. The Hall–Kier alpha value is -2.52. The number of esters is 1. The molecule has 0 heterocycles. The number of rotatable bonds is 5. The van der Waals surface area contributed by atoms with Gasteiger partial charge in [0, 0.05) is 9.79 Å². The maximum Gasteiger partial charge on any atom is 0.343 e. The maximum absolute atomic E-state index is 12.4. The minimum Gasteiger partial charge on any atom is -0.423 e. The minimum atomic E-state index is -0.335. The van der Waals surface area contributed by atoms with Crippen LogP contribution in [0.5, 0.6) is 5.75 Å². The van der Waals surface area contributed by atoms with Gasteiger partial charge in [-0.3, -0.25) is 0 Å². The van der Waals surface area contributed by atoms with E-state index in [0.717, 1.165) is 4.90 Å². The largest absolute Gasteiger partial charge is 0.423 e. The molecular formula is C25H26O2S. The molecule has 3 aromatic rings.